The van der Waals surface area contributed by atoms with Crippen molar-refractivity contribution in [3.05, 3.63) is 84.1 Å². The summed E-state index contributed by atoms with van der Waals surface area (Å²) in [6.07, 6.45) is 10.2. The molecule has 1 saturated heterocycles. The van der Waals surface area contributed by atoms with Crippen LogP contribution >= 0.6 is 0 Å². The molecule has 0 unspecified atom stereocenters. The van der Waals surface area contributed by atoms with E-state index in [1.807, 2.05) is 12.1 Å². The Morgan fingerprint density at radius 1 is 1.21 bits per heavy atom. The summed E-state index contributed by atoms with van der Waals surface area (Å²) in [6, 6.07) is 11.9. The van der Waals surface area contributed by atoms with E-state index in [9.17, 15) is 9.18 Å². The predicted octanol–water partition coefficient (Wildman–Crippen LogP) is 4.97. The molecule has 7 heteroatoms. The first-order chi connectivity index (χ1) is 16.1. The lowest BCUT2D eigenvalue weighted by Crippen LogP contribution is -2.33. The van der Waals surface area contributed by atoms with Crippen molar-refractivity contribution >= 4 is 17.8 Å². The zero-order valence-corrected chi connectivity index (χ0v) is 18.6. The topological polar surface area (TPSA) is 67.4 Å². The molecule has 0 atom stereocenters. The lowest BCUT2D eigenvalue weighted by Gasteiger charge is -2.31. The highest BCUT2D eigenvalue weighted by Crippen LogP contribution is 2.25. The Bertz CT molecular complexity index is 1100. The van der Waals surface area contributed by atoms with Gasteiger partial charge in [0.15, 0.2) is 11.6 Å². The molecule has 1 aliphatic rings. The van der Waals surface area contributed by atoms with Gasteiger partial charge in [-0.1, -0.05) is 19.1 Å². The van der Waals surface area contributed by atoms with Gasteiger partial charge in [0.05, 0.1) is 6.20 Å². The molecule has 0 aliphatic carbocycles. The minimum atomic E-state index is -0.518. The molecular formula is C26H27FN4O2. The minimum absolute atomic E-state index is 0.0969. The van der Waals surface area contributed by atoms with Crippen LogP contribution in [0.2, 0.25) is 0 Å². The summed E-state index contributed by atoms with van der Waals surface area (Å²) in [5.41, 5.74) is 1.48. The summed E-state index contributed by atoms with van der Waals surface area (Å²) < 4.78 is 19.8. The highest BCUT2D eigenvalue weighted by atomic mass is 19.1. The molecule has 2 aromatic heterocycles. The maximum Gasteiger partial charge on any atom is 0.244 e. The van der Waals surface area contributed by atoms with Crippen LogP contribution in [-0.4, -0.2) is 29.0 Å². The summed E-state index contributed by atoms with van der Waals surface area (Å²) in [5, 5.41) is 2.83. The number of carbonyl (C=O) groups excluding carboxylic acids is 1. The van der Waals surface area contributed by atoms with Crippen molar-refractivity contribution in [2.24, 2.45) is 5.92 Å². The summed E-state index contributed by atoms with van der Waals surface area (Å²) in [5.74, 6) is 1.52. The minimum Gasteiger partial charge on any atom is -0.453 e. The Balaban J connectivity index is 1.27. The molecule has 1 N–H and O–H groups in total. The quantitative estimate of drug-likeness (QED) is 0.519. The fourth-order valence-electron chi connectivity index (χ4n) is 3.60. The Morgan fingerprint density at radius 3 is 2.76 bits per heavy atom. The van der Waals surface area contributed by atoms with E-state index in [2.05, 4.69) is 27.1 Å². The van der Waals surface area contributed by atoms with Crippen molar-refractivity contribution in [1.29, 1.82) is 0 Å². The lowest BCUT2D eigenvalue weighted by atomic mass is 9.99. The number of nitrogens with one attached hydrogen (secondary N) is 1. The molecule has 1 aromatic carbocycles. The van der Waals surface area contributed by atoms with E-state index in [1.54, 1.807) is 36.7 Å². The third kappa shape index (κ3) is 6.38. The van der Waals surface area contributed by atoms with E-state index in [0.29, 0.717) is 17.9 Å². The van der Waals surface area contributed by atoms with Crippen molar-refractivity contribution in [3.63, 3.8) is 0 Å². The van der Waals surface area contributed by atoms with Crippen LogP contribution in [0.5, 0.6) is 11.5 Å². The van der Waals surface area contributed by atoms with Crippen LogP contribution in [0.3, 0.4) is 0 Å². The van der Waals surface area contributed by atoms with Crippen LogP contribution in [0.4, 0.5) is 10.2 Å². The molecule has 0 bridgehead atoms. The van der Waals surface area contributed by atoms with Gasteiger partial charge in [0.1, 0.15) is 11.6 Å². The van der Waals surface area contributed by atoms with Gasteiger partial charge in [0, 0.05) is 38.1 Å². The maximum absolute atomic E-state index is 14.3. The second-order valence-corrected chi connectivity index (χ2v) is 8.23. The van der Waals surface area contributed by atoms with Gasteiger partial charge in [0.2, 0.25) is 5.91 Å². The Hall–Kier alpha value is -3.74. The predicted molar refractivity (Wildman–Crippen MR) is 126 cm³/mol. The fraction of sp³-hybridized carbons (Fsp3) is 0.269. The van der Waals surface area contributed by atoms with Gasteiger partial charge in [-0.05, 0) is 66.3 Å². The largest absolute Gasteiger partial charge is 0.453 e. The van der Waals surface area contributed by atoms with Gasteiger partial charge in [0.25, 0.3) is 0 Å². The van der Waals surface area contributed by atoms with Gasteiger partial charge in [-0.3, -0.25) is 9.78 Å². The smallest absolute Gasteiger partial charge is 0.244 e. The van der Waals surface area contributed by atoms with Crippen LogP contribution < -0.4 is 15.0 Å². The van der Waals surface area contributed by atoms with Crippen molar-refractivity contribution in [2.45, 2.75) is 26.3 Å². The van der Waals surface area contributed by atoms with E-state index >= 15 is 0 Å². The zero-order chi connectivity index (χ0) is 23.0. The van der Waals surface area contributed by atoms with Gasteiger partial charge >= 0.3 is 0 Å². The van der Waals surface area contributed by atoms with E-state index in [-0.39, 0.29) is 11.7 Å². The number of piperidine rings is 1. The summed E-state index contributed by atoms with van der Waals surface area (Å²) in [6.45, 7) is 4.73. The van der Waals surface area contributed by atoms with Crippen LogP contribution in [0.1, 0.15) is 30.9 Å². The molecule has 0 spiro atoms. The first kappa shape index (κ1) is 22.5. The molecule has 33 heavy (non-hydrogen) atoms. The number of anilines is 1. The third-order valence-corrected chi connectivity index (χ3v) is 5.63. The van der Waals surface area contributed by atoms with E-state index in [4.69, 9.17) is 4.74 Å². The molecule has 4 rings (SSSR count). The number of nitrogens with zero attached hydrogens (tertiary/aromatic N) is 3. The second-order valence-electron chi connectivity index (χ2n) is 8.23. The molecule has 1 fully saturated rings. The van der Waals surface area contributed by atoms with Crippen molar-refractivity contribution in [2.75, 3.05) is 18.0 Å². The highest BCUT2D eigenvalue weighted by molar-refractivity contribution is 5.91. The average Bonchev–Trinajstić information content (AvgIpc) is 2.84. The number of hydrogen-bond acceptors (Lipinski definition) is 5. The fourth-order valence-corrected chi connectivity index (χ4v) is 3.60. The van der Waals surface area contributed by atoms with Gasteiger partial charge in [-0.2, -0.15) is 0 Å². The monoisotopic (exact) mass is 446 g/mol. The molecule has 3 aromatic rings. The molecule has 6 nitrogen and oxygen atoms in total. The number of ether oxygens (including phenoxy) is 1. The molecular weight excluding hydrogens is 419 g/mol. The summed E-state index contributed by atoms with van der Waals surface area (Å²) in [7, 11) is 0. The number of rotatable bonds is 7. The second kappa shape index (κ2) is 10.7. The number of hydrogen-bond donors (Lipinski definition) is 1. The van der Waals surface area contributed by atoms with Crippen LogP contribution in [0.25, 0.3) is 6.08 Å². The average molecular weight is 447 g/mol. The summed E-state index contributed by atoms with van der Waals surface area (Å²) >= 11 is 0. The highest BCUT2D eigenvalue weighted by Gasteiger charge is 2.16. The van der Waals surface area contributed by atoms with Crippen molar-refractivity contribution in [3.8, 4) is 11.5 Å². The van der Waals surface area contributed by atoms with Crippen LogP contribution in [-0.2, 0) is 11.3 Å². The van der Waals surface area contributed by atoms with Crippen LogP contribution in [0, 0.1) is 11.7 Å². The number of pyridine rings is 2. The van der Waals surface area contributed by atoms with Gasteiger partial charge in [-0.15, -0.1) is 0 Å². The molecule has 1 amide bonds. The molecule has 3 heterocycles. The zero-order valence-electron chi connectivity index (χ0n) is 18.6. The molecule has 170 valence electrons. The standard InChI is InChI=1S/C26H27FN4O2/c1-19-10-13-31(14-11-19)25-8-5-21(16-29-25)17-30-26(32)9-6-20-4-7-24(23(27)15-20)33-22-3-2-12-28-18-22/h2-9,12,15-16,18-19H,10-11,13-14,17H2,1H3,(H,30,32)/b9-6+. The molecule has 0 saturated carbocycles. The number of benzene rings is 1. The first-order valence-corrected chi connectivity index (χ1v) is 11.1. The Kier molecular flexibility index (Phi) is 7.29. The van der Waals surface area contributed by atoms with Crippen molar-refractivity contribution < 1.29 is 13.9 Å². The third-order valence-electron chi connectivity index (χ3n) is 5.63. The van der Waals surface area contributed by atoms with Crippen LogP contribution in [0.15, 0.2) is 67.1 Å². The number of halogens is 1. The number of carbonyl (C=O) groups is 1. The number of amides is 1. The van der Waals surface area contributed by atoms with Gasteiger partial charge in [-0.25, -0.2) is 9.37 Å². The Labute approximate surface area is 193 Å². The van der Waals surface area contributed by atoms with E-state index in [1.165, 1.54) is 37.2 Å². The van der Waals surface area contributed by atoms with E-state index in [0.717, 1.165) is 30.4 Å². The molecule has 0 radical (unpaired) electrons. The SMILES string of the molecule is CC1CCN(c2ccc(CNC(=O)/C=C/c3ccc(Oc4cccnc4)c(F)c3)cn2)CC1. The normalized spacial score (nSPS) is 14.4. The number of aromatic nitrogens is 2. The first-order valence-electron chi connectivity index (χ1n) is 11.1. The Morgan fingerprint density at radius 2 is 2.06 bits per heavy atom. The van der Waals surface area contributed by atoms with Crippen molar-refractivity contribution in [1.82, 2.24) is 15.3 Å². The molecule has 1 aliphatic heterocycles. The maximum atomic E-state index is 14.3. The summed E-state index contributed by atoms with van der Waals surface area (Å²) in [4.78, 5) is 23.0. The van der Waals surface area contributed by atoms with E-state index < -0.39 is 5.82 Å². The van der Waals surface area contributed by atoms with Gasteiger partial charge < -0.3 is 15.0 Å². The lowest BCUT2D eigenvalue weighted by molar-refractivity contribution is -0.116.